The molecule has 0 saturated heterocycles. The fourth-order valence-electron chi connectivity index (χ4n) is 1.88. The first kappa shape index (κ1) is 16.3. The van der Waals surface area contributed by atoms with Crippen molar-refractivity contribution in [3.63, 3.8) is 0 Å². The molecule has 2 aromatic carbocycles. The van der Waals surface area contributed by atoms with E-state index in [1.807, 2.05) is 0 Å². The highest BCUT2D eigenvalue weighted by Crippen LogP contribution is 2.24. The summed E-state index contributed by atoms with van der Waals surface area (Å²) in [7, 11) is 1.51. The molecule has 0 aliphatic carbocycles. The average Bonchev–Trinajstić information content (AvgIpc) is 2.47. The highest BCUT2D eigenvalue weighted by molar-refractivity contribution is 7.99. The highest BCUT2D eigenvalue weighted by atomic mass is 32.2. The average molecular weight is 323 g/mol. The number of methoxy groups -OCH3 is 1. The van der Waals surface area contributed by atoms with Gasteiger partial charge in [-0.15, -0.1) is 11.8 Å². The first-order valence-electron chi connectivity index (χ1n) is 6.54. The van der Waals surface area contributed by atoms with Gasteiger partial charge in [-0.05, 0) is 36.4 Å². The van der Waals surface area contributed by atoms with E-state index in [1.165, 1.54) is 49.2 Å². The van der Waals surface area contributed by atoms with E-state index in [2.05, 4.69) is 5.32 Å². The van der Waals surface area contributed by atoms with Gasteiger partial charge in [0.25, 0.3) is 0 Å². The number of ether oxygens (including phenoxy) is 1. The van der Waals surface area contributed by atoms with Gasteiger partial charge in [0.05, 0.1) is 12.9 Å². The second-order valence-corrected chi connectivity index (χ2v) is 5.49. The summed E-state index contributed by atoms with van der Waals surface area (Å²) in [6.07, 6.45) is 0. The van der Waals surface area contributed by atoms with E-state index in [-0.39, 0.29) is 17.5 Å². The van der Waals surface area contributed by atoms with Gasteiger partial charge in [0, 0.05) is 17.0 Å². The van der Waals surface area contributed by atoms with Crippen LogP contribution in [0.15, 0.2) is 42.5 Å². The lowest BCUT2D eigenvalue weighted by Crippen LogP contribution is -2.14. The first-order valence-corrected chi connectivity index (χ1v) is 7.69. The van der Waals surface area contributed by atoms with Gasteiger partial charge in [-0.3, -0.25) is 4.79 Å². The van der Waals surface area contributed by atoms with Crippen molar-refractivity contribution in [3.8, 4) is 5.75 Å². The molecule has 0 fully saturated rings. The molecule has 1 N–H and O–H groups in total. The molecule has 2 rings (SSSR count). The van der Waals surface area contributed by atoms with Crippen molar-refractivity contribution in [2.75, 3.05) is 18.2 Å². The van der Waals surface area contributed by atoms with Crippen LogP contribution in [0.4, 0.5) is 14.5 Å². The SMILES string of the molecule is COc1ccc(F)cc1CSCC(=O)Nc1cccc(F)c1. The van der Waals surface area contributed by atoms with Gasteiger partial charge in [-0.2, -0.15) is 0 Å². The molecule has 6 heteroatoms. The number of benzene rings is 2. The summed E-state index contributed by atoms with van der Waals surface area (Å²) in [6, 6.07) is 9.95. The monoisotopic (exact) mass is 323 g/mol. The number of carbonyl (C=O) groups is 1. The highest BCUT2D eigenvalue weighted by Gasteiger charge is 2.07. The normalized spacial score (nSPS) is 10.3. The smallest absolute Gasteiger partial charge is 0.234 e. The Morgan fingerprint density at radius 2 is 1.95 bits per heavy atom. The van der Waals surface area contributed by atoms with Crippen molar-refractivity contribution in [2.24, 2.45) is 0 Å². The molecule has 0 aliphatic heterocycles. The Kier molecular flexibility index (Phi) is 5.77. The number of anilines is 1. The maximum atomic E-state index is 13.2. The molecule has 2 aromatic rings. The predicted octanol–water partition coefficient (Wildman–Crippen LogP) is 3.85. The molecular weight excluding hydrogens is 308 g/mol. The molecule has 22 heavy (non-hydrogen) atoms. The number of hydrogen-bond acceptors (Lipinski definition) is 3. The zero-order chi connectivity index (χ0) is 15.9. The Labute approximate surface area is 131 Å². The van der Waals surface area contributed by atoms with Crippen LogP contribution in [0.3, 0.4) is 0 Å². The molecule has 1 amide bonds. The van der Waals surface area contributed by atoms with E-state index in [4.69, 9.17) is 4.74 Å². The molecule has 116 valence electrons. The number of halogens is 2. The number of thioether (sulfide) groups is 1. The summed E-state index contributed by atoms with van der Waals surface area (Å²) in [5.41, 5.74) is 1.10. The second-order valence-electron chi connectivity index (χ2n) is 4.51. The van der Waals surface area contributed by atoms with Crippen molar-refractivity contribution in [1.82, 2.24) is 0 Å². The zero-order valence-electron chi connectivity index (χ0n) is 11.9. The third-order valence-corrected chi connectivity index (χ3v) is 3.82. The van der Waals surface area contributed by atoms with Crippen LogP contribution in [0.5, 0.6) is 5.75 Å². The van der Waals surface area contributed by atoms with Gasteiger partial charge < -0.3 is 10.1 Å². The van der Waals surface area contributed by atoms with Gasteiger partial charge in [-0.25, -0.2) is 8.78 Å². The van der Waals surface area contributed by atoms with E-state index in [0.717, 1.165) is 0 Å². The van der Waals surface area contributed by atoms with Gasteiger partial charge >= 0.3 is 0 Å². The van der Waals surface area contributed by atoms with E-state index in [1.54, 1.807) is 12.1 Å². The van der Waals surface area contributed by atoms with Gasteiger partial charge in [0.1, 0.15) is 17.4 Å². The van der Waals surface area contributed by atoms with Crippen LogP contribution in [-0.2, 0) is 10.5 Å². The molecular formula is C16H15F2NO2S. The van der Waals surface area contributed by atoms with Gasteiger partial charge in [0.15, 0.2) is 0 Å². The van der Waals surface area contributed by atoms with Gasteiger partial charge in [-0.1, -0.05) is 6.07 Å². The minimum atomic E-state index is -0.407. The molecule has 0 bridgehead atoms. The lowest BCUT2D eigenvalue weighted by atomic mass is 10.2. The summed E-state index contributed by atoms with van der Waals surface area (Å²) in [4.78, 5) is 11.8. The van der Waals surface area contributed by atoms with Crippen LogP contribution >= 0.6 is 11.8 Å². The van der Waals surface area contributed by atoms with Crippen LogP contribution in [0, 0.1) is 11.6 Å². The standard InChI is InChI=1S/C16H15F2NO2S/c1-21-15-6-5-13(18)7-11(15)9-22-10-16(20)19-14-4-2-3-12(17)8-14/h2-8H,9-10H2,1H3,(H,19,20). The summed E-state index contributed by atoms with van der Waals surface area (Å²) in [5, 5.41) is 2.60. The van der Waals surface area contributed by atoms with Crippen molar-refractivity contribution >= 4 is 23.4 Å². The zero-order valence-corrected chi connectivity index (χ0v) is 12.8. The summed E-state index contributed by atoms with van der Waals surface area (Å²) in [5.74, 6) is 0.203. The Morgan fingerprint density at radius 1 is 1.18 bits per heavy atom. The van der Waals surface area contributed by atoms with E-state index < -0.39 is 5.82 Å². The molecule has 0 saturated carbocycles. The van der Waals surface area contributed by atoms with E-state index in [9.17, 15) is 13.6 Å². The van der Waals surface area contributed by atoms with Crippen molar-refractivity contribution in [1.29, 1.82) is 0 Å². The Bertz CT molecular complexity index is 664. The number of amides is 1. The number of nitrogens with one attached hydrogen (secondary N) is 1. The Morgan fingerprint density at radius 3 is 2.68 bits per heavy atom. The Balaban J connectivity index is 1.86. The minimum absolute atomic E-state index is 0.177. The molecule has 0 unspecified atom stereocenters. The predicted molar refractivity (Wildman–Crippen MR) is 84.1 cm³/mol. The lowest BCUT2D eigenvalue weighted by molar-refractivity contribution is -0.113. The summed E-state index contributed by atoms with van der Waals surface area (Å²) in [6.45, 7) is 0. The van der Waals surface area contributed by atoms with E-state index in [0.29, 0.717) is 22.8 Å². The molecule has 0 aromatic heterocycles. The van der Waals surface area contributed by atoms with Crippen molar-refractivity contribution < 1.29 is 18.3 Å². The lowest BCUT2D eigenvalue weighted by Gasteiger charge is -2.09. The maximum absolute atomic E-state index is 13.2. The van der Waals surface area contributed by atoms with Crippen LogP contribution in [0.25, 0.3) is 0 Å². The molecule has 3 nitrogen and oxygen atoms in total. The summed E-state index contributed by atoms with van der Waals surface area (Å²) < 4.78 is 31.4. The fraction of sp³-hybridized carbons (Fsp3) is 0.188. The molecule has 0 heterocycles. The van der Waals surface area contributed by atoms with Crippen LogP contribution in [-0.4, -0.2) is 18.8 Å². The second kappa shape index (κ2) is 7.79. The van der Waals surface area contributed by atoms with Crippen LogP contribution in [0.2, 0.25) is 0 Å². The van der Waals surface area contributed by atoms with Crippen LogP contribution in [0.1, 0.15) is 5.56 Å². The van der Waals surface area contributed by atoms with Crippen LogP contribution < -0.4 is 10.1 Å². The number of hydrogen-bond donors (Lipinski definition) is 1. The third-order valence-electron chi connectivity index (χ3n) is 2.84. The molecule has 0 radical (unpaired) electrons. The fourth-order valence-corrected chi connectivity index (χ4v) is 2.68. The molecule has 0 atom stereocenters. The minimum Gasteiger partial charge on any atom is -0.496 e. The van der Waals surface area contributed by atoms with Crippen molar-refractivity contribution in [2.45, 2.75) is 5.75 Å². The molecule has 0 spiro atoms. The topological polar surface area (TPSA) is 38.3 Å². The molecule has 0 aliphatic rings. The number of carbonyl (C=O) groups excluding carboxylic acids is 1. The third kappa shape index (κ3) is 4.73. The van der Waals surface area contributed by atoms with Gasteiger partial charge in [0.2, 0.25) is 5.91 Å². The number of rotatable bonds is 6. The summed E-state index contributed by atoms with van der Waals surface area (Å²) >= 11 is 1.32. The van der Waals surface area contributed by atoms with Crippen molar-refractivity contribution in [3.05, 3.63) is 59.7 Å². The Hall–Kier alpha value is -2.08. The first-order chi connectivity index (χ1) is 10.6. The maximum Gasteiger partial charge on any atom is 0.234 e. The van der Waals surface area contributed by atoms with E-state index >= 15 is 0 Å². The largest absolute Gasteiger partial charge is 0.496 e. The quantitative estimate of drug-likeness (QED) is 0.877.